The lowest BCUT2D eigenvalue weighted by atomic mass is 10.1. The molecule has 3 rings (SSSR count). The van der Waals surface area contributed by atoms with Gasteiger partial charge in [0.25, 0.3) is 0 Å². The van der Waals surface area contributed by atoms with Crippen molar-refractivity contribution in [3.05, 3.63) is 29.6 Å². The van der Waals surface area contributed by atoms with Gasteiger partial charge in [-0.2, -0.15) is 4.98 Å². The molecule has 0 spiro atoms. The minimum absolute atomic E-state index is 0.185. The second-order valence-corrected chi connectivity index (χ2v) is 5.41. The van der Waals surface area contributed by atoms with Gasteiger partial charge >= 0.3 is 0 Å². The predicted octanol–water partition coefficient (Wildman–Crippen LogP) is 2.80. The molecule has 0 radical (unpaired) electrons. The van der Waals surface area contributed by atoms with Crippen molar-refractivity contribution in [2.75, 3.05) is 6.54 Å². The van der Waals surface area contributed by atoms with E-state index in [0.717, 1.165) is 22.2 Å². The lowest BCUT2D eigenvalue weighted by Gasteiger charge is -2.01. The fourth-order valence-electron chi connectivity index (χ4n) is 1.89. The summed E-state index contributed by atoms with van der Waals surface area (Å²) in [5, 5.41) is 6.04. The van der Waals surface area contributed by atoms with Crippen molar-refractivity contribution in [1.82, 2.24) is 15.1 Å². The predicted molar refractivity (Wildman–Crippen MR) is 75.0 cm³/mol. The van der Waals surface area contributed by atoms with Crippen LogP contribution in [0.15, 0.2) is 28.2 Å². The summed E-state index contributed by atoms with van der Waals surface area (Å²) in [6.45, 7) is 2.65. The Kier molecular flexibility index (Phi) is 3.27. The fraction of sp³-hybridized carbons (Fsp3) is 0.308. The van der Waals surface area contributed by atoms with E-state index in [9.17, 15) is 0 Å². The molecule has 0 aliphatic rings. The zero-order chi connectivity index (χ0) is 13.2. The van der Waals surface area contributed by atoms with Gasteiger partial charge in [0.05, 0.1) is 10.2 Å². The highest BCUT2D eigenvalue weighted by molar-refractivity contribution is 7.17. The Morgan fingerprint density at radius 3 is 3.21 bits per heavy atom. The Morgan fingerprint density at radius 1 is 1.47 bits per heavy atom. The molecule has 0 aliphatic heterocycles. The second kappa shape index (κ2) is 5.07. The summed E-state index contributed by atoms with van der Waals surface area (Å²) >= 11 is 1.65. The van der Waals surface area contributed by atoms with Gasteiger partial charge in [-0.1, -0.05) is 12.1 Å². The summed E-state index contributed by atoms with van der Waals surface area (Å²) in [5.41, 5.74) is 7.41. The minimum atomic E-state index is 0.185. The molecule has 3 heterocycles. The van der Waals surface area contributed by atoms with E-state index in [1.165, 1.54) is 0 Å². The first-order valence-electron chi connectivity index (χ1n) is 6.15. The maximum Gasteiger partial charge on any atom is 0.229 e. The van der Waals surface area contributed by atoms with Gasteiger partial charge in [0.2, 0.25) is 11.7 Å². The van der Waals surface area contributed by atoms with E-state index in [0.29, 0.717) is 18.3 Å². The van der Waals surface area contributed by atoms with Crippen molar-refractivity contribution in [2.24, 2.45) is 5.73 Å². The summed E-state index contributed by atoms with van der Waals surface area (Å²) in [7, 11) is 0. The van der Waals surface area contributed by atoms with Crippen LogP contribution in [-0.2, 0) is 0 Å². The maximum absolute atomic E-state index is 5.54. The van der Waals surface area contributed by atoms with Gasteiger partial charge in [-0.25, -0.2) is 0 Å². The van der Waals surface area contributed by atoms with Crippen molar-refractivity contribution >= 4 is 21.6 Å². The van der Waals surface area contributed by atoms with E-state index in [-0.39, 0.29) is 5.92 Å². The number of nitrogens with zero attached hydrogens (tertiary/aromatic N) is 3. The molecule has 6 heteroatoms. The van der Waals surface area contributed by atoms with Gasteiger partial charge in [-0.15, -0.1) is 11.3 Å². The Morgan fingerprint density at radius 2 is 2.37 bits per heavy atom. The van der Waals surface area contributed by atoms with Gasteiger partial charge in [0.15, 0.2) is 0 Å². The standard InChI is InChI=1S/C13H14N4OS/c1-8(2-4-14)13-16-12(17-18-13)9-6-11-10(15-7-9)3-5-19-11/h3,5-8H,2,4,14H2,1H3. The molecule has 3 aromatic rings. The van der Waals surface area contributed by atoms with Gasteiger partial charge in [-0.05, 0) is 30.5 Å². The molecule has 0 bridgehead atoms. The highest BCUT2D eigenvalue weighted by Gasteiger charge is 2.15. The largest absolute Gasteiger partial charge is 0.339 e. The third-order valence-corrected chi connectivity index (χ3v) is 3.88. The Bertz CT molecular complexity index is 691. The fourth-order valence-corrected chi connectivity index (χ4v) is 2.67. The Balaban J connectivity index is 1.93. The summed E-state index contributed by atoms with van der Waals surface area (Å²) in [5.74, 6) is 1.40. The average Bonchev–Trinajstić information content (AvgIpc) is 3.07. The molecule has 0 fully saturated rings. The van der Waals surface area contributed by atoms with Gasteiger partial charge in [0.1, 0.15) is 0 Å². The van der Waals surface area contributed by atoms with Crippen LogP contribution in [0, 0.1) is 0 Å². The molecule has 0 saturated carbocycles. The lowest BCUT2D eigenvalue weighted by Crippen LogP contribution is -2.04. The zero-order valence-electron chi connectivity index (χ0n) is 10.5. The number of thiophene rings is 1. The molecule has 2 N–H and O–H groups in total. The van der Waals surface area contributed by atoms with Crippen LogP contribution in [0.3, 0.4) is 0 Å². The van der Waals surface area contributed by atoms with E-state index in [1.54, 1.807) is 17.5 Å². The molecule has 1 unspecified atom stereocenters. The van der Waals surface area contributed by atoms with Crippen molar-refractivity contribution in [2.45, 2.75) is 19.3 Å². The zero-order valence-corrected chi connectivity index (χ0v) is 11.4. The smallest absolute Gasteiger partial charge is 0.229 e. The summed E-state index contributed by atoms with van der Waals surface area (Å²) in [6.07, 6.45) is 2.61. The van der Waals surface area contributed by atoms with E-state index < -0.39 is 0 Å². The number of pyridine rings is 1. The van der Waals surface area contributed by atoms with Crippen molar-refractivity contribution in [3.8, 4) is 11.4 Å². The van der Waals surface area contributed by atoms with Gasteiger partial charge in [-0.3, -0.25) is 4.98 Å². The van der Waals surface area contributed by atoms with Gasteiger partial charge in [0, 0.05) is 17.7 Å². The maximum atomic E-state index is 5.54. The summed E-state index contributed by atoms with van der Waals surface area (Å²) in [4.78, 5) is 8.80. The van der Waals surface area contributed by atoms with Crippen molar-refractivity contribution in [1.29, 1.82) is 0 Å². The number of hydrogen-bond acceptors (Lipinski definition) is 6. The first-order valence-corrected chi connectivity index (χ1v) is 7.03. The van der Waals surface area contributed by atoms with Crippen LogP contribution in [-0.4, -0.2) is 21.7 Å². The number of fused-ring (bicyclic) bond motifs is 1. The first-order chi connectivity index (χ1) is 9.28. The van der Waals surface area contributed by atoms with E-state index >= 15 is 0 Å². The monoisotopic (exact) mass is 274 g/mol. The molecule has 5 nitrogen and oxygen atoms in total. The SMILES string of the molecule is CC(CCN)c1nc(-c2cnc3ccsc3c2)no1. The first kappa shape index (κ1) is 12.3. The molecule has 98 valence electrons. The Hall–Kier alpha value is -1.79. The van der Waals surface area contributed by atoms with Gasteiger partial charge < -0.3 is 10.3 Å². The van der Waals surface area contributed by atoms with Crippen LogP contribution in [0.1, 0.15) is 25.2 Å². The third-order valence-electron chi connectivity index (χ3n) is 3.02. The summed E-state index contributed by atoms with van der Waals surface area (Å²) < 4.78 is 6.41. The molecular formula is C13H14N4OS. The van der Waals surface area contributed by atoms with Crippen LogP contribution in [0.4, 0.5) is 0 Å². The van der Waals surface area contributed by atoms with Crippen molar-refractivity contribution in [3.63, 3.8) is 0 Å². The van der Waals surface area contributed by atoms with Crippen LogP contribution < -0.4 is 5.73 Å². The highest BCUT2D eigenvalue weighted by atomic mass is 32.1. The molecular weight excluding hydrogens is 260 g/mol. The Labute approximate surface area is 114 Å². The minimum Gasteiger partial charge on any atom is -0.339 e. The van der Waals surface area contributed by atoms with Crippen LogP contribution >= 0.6 is 11.3 Å². The molecule has 0 aliphatic carbocycles. The third kappa shape index (κ3) is 2.36. The van der Waals surface area contributed by atoms with Crippen LogP contribution in [0.5, 0.6) is 0 Å². The number of nitrogens with two attached hydrogens (primary N) is 1. The molecule has 1 atom stereocenters. The number of hydrogen-bond donors (Lipinski definition) is 1. The van der Waals surface area contributed by atoms with Crippen LogP contribution in [0.25, 0.3) is 21.6 Å². The molecule has 0 aromatic carbocycles. The molecule has 0 saturated heterocycles. The average molecular weight is 274 g/mol. The molecule has 3 aromatic heterocycles. The number of aromatic nitrogens is 3. The molecule has 19 heavy (non-hydrogen) atoms. The van der Waals surface area contributed by atoms with E-state index in [4.69, 9.17) is 10.3 Å². The topological polar surface area (TPSA) is 77.8 Å². The van der Waals surface area contributed by atoms with Crippen LogP contribution in [0.2, 0.25) is 0 Å². The normalized spacial score (nSPS) is 12.9. The summed E-state index contributed by atoms with van der Waals surface area (Å²) in [6, 6.07) is 4.03. The van der Waals surface area contributed by atoms with E-state index in [2.05, 4.69) is 15.1 Å². The number of rotatable bonds is 4. The second-order valence-electron chi connectivity index (χ2n) is 4.46. The molecule has 0 amide bonds. The van der Waals surface area contributed by atoms with E-state index in [1.807, 2.05) is 24.4 Å². The quantitative estimate of drug-likeness (QED) is 0.791. The van der Waals surface area contributed by atoms with Crippen molar-refractivity contribution < 1.29 is 4.52 Å². The lowest BCUT2D eigenvalue weighted by molar-refractivity contribution is 0.355. The highest BCUT2D eigenvalue weighted by Crippen LogP contribution is 2.25.